The average molecular weight is 284 g/mol. The largest absolute Gasteiger partial charge is 0.497 e. The molecule has 0 aliphatic rings. The molecule has 4 nitrogen and oxygen atoms in total. The molecule has 2 aromatic rings. The smallest absolute Gasteiger partial charge is 0.221 e. The molecule has 0 aliphatic carbocycles. The summed E-state index contributed by atoms with van der Waals surface area (Å²) in [7, 11) is 1.66. The van der Waals surface area contributed by atoms with E-state index in [1.165, 1.54) is 12.5 Å². The number of methoxy groups -OCH3 is 1. The molecule has 1 atom stereocenters. The van der Waals surface area contributed by atoms with Gasteiger partial charge >= 0.3 is 0 Å². The zero-order chi connectivity index (χ0) is 15.2. The van der Waals surface area contributed by atoms with Crippen LogP contribution < -0.4 is 15.4 Å². The molecule has 0 heterocycles. The van der Waals surface area contributed by atoms with Crippen molar-refractivity contribution in [3.63, 3.8) is 0 Å². The molecule has 0 saturated carbocycles. The number of ether oxygens (including phenoxy) is 1. The third-order valence-electron chi connectivity index (χ3n) is 3.18. The molecule has 0 bridgehead atoms. The Morgan fingerprint density at radius 2 is 1.76 bits per heavy atom. The van der Waals surface area contributed by atoms with Crippen LogP contribution in [0.1, 0.15) is 25.5 Å². The number of benzene rings is 2. The number of carbonyl (C=O) groups excluding carboxylic acids is 1. The van der Waals surface area contributed by atoms with Gasteiger partial charge in [-0.25, -0.2) is 0 Å². The second-order valence-corrected chi connectivity index (χ2v) is 4.90. The second-order valence-electron chi connectivity index (χ2n) is 4.90. The zero-order valence-corrected chi connectivity index (χ0v) is 12.5. The maximum absolute atomic E-state index is 11.1. The molecular formula is C17H20N2O2. The molecule has 110 valence electrons. The maximum atomic E-state index is 11.1. The van der Waals surface area contributed by atoms with Gasteiger partial charge in [-0.2, -0.15) is 0 Å². The van der Waals surface area contributed by atoms with E-state index in [0.717, 1.165) is 17.1 Å². The fraction of sp³-hybridized carbons (Fsp3) is 0.235. The molecule has 1 amide bonds. The van der Waals surface area contributed by atoms with Gasteiger partial charge in [0.1, 0.15) is 5.75 Å². The Morgan fingerprint density at radius 3 is 2.38 bits per heavy atom. The van der Waals surface area contributed by atoms with Gasteiger partial charge in [-0.1, -0.05) is 18.2 Å². The highest BCUT2D eigenvalue weighted by Gasteiger charge is 2.06. The van der Waals surface area contributed by atoms with Gasteiger partial charge in [0.05, 0.1) is 7.11 Å². The summed E-state index contributed by atoms with van der Waals surface area (Å²) in [5, 5.41) is 6.19. The standard InChI is InChI=1S/C17H20N2O2/c1-12(14-7-9-17(21-3)10-8-14)18-15-5-4-6-16(11-15)19-13(2)20/h4-12,18H,1-3H3,(H,19,20). The maximum Gasteiger partial charge on any atom is 0.221 e. The van der Waals surface area contributed by atoms with E-state index < -0.39 is 0 Å². The summed E-state index contributed by atoms with van der Waals surface area (Å²) in [6.45, 7) is 3.59. The molecule has 0 radical (unpaired) electrons. The summed E-state index contributed by atoms with van der Waals surface area (Å²) in [4.78, 5) is 11.1. The summed E-state index contributed by atoms with van der Waals surface area (Å²) in [6, 6.07) is 15.8. The Kier molecular flexibility index (Phi) is 4.82. The minimum atomic E-state index is -0.0737. The summed E-state index contributed by atoms with van der Waals surface area (Å²) in [5.41, 5.74) is 2.92. The summed E-state index contributed by atoms with van der Waals surface area (Å²) >= 11 is 0. The van der Waals surface area contributed by atoms with Gasteiger partial charge in [0.25, 0.3) is 0 Å². The van der Waals surface area contributed by atoms with E-state index in [0.29, 0.717) is 0 Å². The topological polar surface area (TPSA) is 50.4 Å². The van der Waals surface area contributed by atoms with Gasteiger partial charge in [0, 0.05) is 24.3 Å². The van der Waals surface area contributed by atoms with E-state index in [2.05, 4.69) is 17.6 Å². The number of anilines is 2. The Morgan fingerprint density at radius 1 is 1.10 bits per heavy atom. The van der Waals surface area contributed by atoms with E-state index in [-0.39, 0.29) is 11.9 Å². The van der Waals surface area contributed by atoms with Gasteiger partial charge in [0.2, 0.25) is 5.91 Å². The van der Waals surface area contributed by atoms with E-state index in [4.69, 9.17) is 4.74 Å². The first kappa shape index (κ1) is 14.9. The van der Waals surface area contributed by atoms with Crippen molar-refractivity contribution in [2.75, 3.05) is 17.7 Å². The minimum absolute atomic E-state index is 0.0737. The second kappa shape index (κ2) is 6.79. The summed E-state index contributed by atoms with van der Waals surface area (Å²) in [6.07, 6.45) is 0. The highest BCUT2D eigenvalue weighted by Crippen LogP contribution is 2.23. The molecule has 2 rings (SSSR count). The van der Waals surface area contributed by atoms with Crippen molar-refractivity contribution >= 4 is 17.3 Å². The van der Waals surface area contributed by atoms with Crippen molar-refractivity contribution in [2.24, 2.45) is 0 Å². The molecule has 1 unspecified atom stereocenters. The highest BCUT2D eigenvalue weighted by atomic mass is 16.5. The Labute approximate surface area is 125 Å². The van der Waals surface area contributed by atoms with Crippen LogP contribution >= 0.6 is 0 Å². The van der Waals surface area contributed by atoms with E-state index in [1.54, 1.807) is 7.11 Å². The molecule has 0 spiro atoms. The van der Waals surface area contributed by atoms with Gasteiger partial charge in [0.15, 0.2) is 0 Å². The van der Waals surface area contributed by atoms with Crippen molar-refractivity contribution in [3.8, 4) is 5.75 Å². The lowest BCUT2D eigenvalue weighted by molar-refractivity contribution is -0.114. The Bertz CT molecular complexity index is 608. The molecule has 4 heteroatoms. The van der Waals surface area contributed by atoms with Gasteiger partial charge in [-0.15, -0.1) is 0 Å². The van der Waals surface area contributed by atoms with Crippen LogP contribution in [0.2, 0.25) is 0 Å². The summed E-state index contributed by atoms with van der Waals surface area (Å²) < 4.78 is 5.16. The molecule has 0 saturated heterocycles. The Hall–Kier alpha value is -2.49. The molecule has 2 N–H and O–H groups in total. The fourth-order valence-electron chi connectivity index (χ4n) is 2.12. The van der Waals surface area contributed by atoms with Crippen LogP contribution in [-0.4, -0.2) is 13.0 Å². The lowest BCUT2D eigenvalue weighted by Crippen LogP contribution is -2.08. The van der Waals surface area contributed by atoms with Crippen LogP contribution in [0.5, 0.6) is 5.75 Å². The van der Waals surface area contributed by atoms with Crippen molar-refractivity contribution in [2.45, 2.75) is 19.9 Å². The van der Waals surface area contributed by atoms with Crippen LogP contribution in [0.25, 0.3) is 0 Å². The monoisotopic (exact) mass is 284 g/mol. The molecule has 2 aromatic carbocycles. The van der Waals surface area contributed by atoms with Crippen LogP contribution in [0, 0.1) is 0 Å². The van der Waals surface area contributed by atoms with Gasteiger partial charge < -0.3 is 15.4 Å². The molecule has 0 aliphatic heterocycles. The summed E-state index contributed by atoms with van der Waals surface area (Å²) in [5.74, 6) is 0.772. The minimum Gasteiger partial charge on any atom is -0.497 e. The van der Waals surface area contributed by atoms with Crippen LogP contribution in [0.4, 0.5) is 11.4 Å². The van der Waals surface area contributed by atoms with Crippen LogP contribution in [-0.2, 0) is 4.79 Å². The first-order valence-electron chi connectivity index (χ1n) is 6.86. The molecule has 0 aromatic heterocycles. The number of hydrogen-bond acceptors (Lipinski definition) is 3. The number of nitrogens with one attached hydrogen (secondary N) is 2. The quantitative estimate of drug-likeness (QED) is 0.877. The SMILES string of the molecule is COc1ccc(C(C)Nc2cccc(NC(C)=O)c2)cc1. The predicted molar refractivity (Wildman–Crippen MR) is 85.8 cm³/mol. The Balaban J connectivity index is 2.07. The number of hydrogen-bond donors (Lipinski definition) is 2. The van der Waals surface area contributed by atoms with E-state index in [1.807, 2.05) is 48.5 Å². The molecule has 21 heavy (non-hydrogen) atoms. The van der Waals surface area contributed by atoms with Crippen LogP contribution in [0.15, 0.2) is 48.5 Å². The zero-order valence-electron chi connectivity index (χ0n) is 12.5. The average Bonchev–Trinajstić information content (AvgIpc) is 2.47. The molecule has 0 fully saturated rings. The first-order valence-corrected chi connectivity index (χ1v) is 6.86. The fourth-order valence-corrected chi connectivity index (χ4v) is 2.12. The van der Waals surface area contributed by atoms with E-state index in [9.17, 15) is 4.79 Å². The van der Waals surface area contributed by atoms with Gasteiger partial charge in [-0.05, 0) is 42.8 Å². The highest BCUT2D eigenvalue weighted by molar-refractivity contribution is 5.89. The lowest BCUT2D eigenvalue weighted by atomic mass is 10.1. The third kappa shape index (κ3) is 4.24. The number of rotatable bonds is 5. The van der Waals surface area contributed by atoms with Crippen molar-refractivity contribution in [1.82, 2.24) is 0 Å². The van der Waals surface area contributed by atoms with E-state index >= 15 is 0 Å². The predicted octanol–water partition coefficient (Wildman–Crippen LogP) is 3.83. The molecular weight excluding hydrogens is 264 g/mol. The lowest BCUT2D eigenvalue weighted by Gasteiger charge is -2.17. The number of carbonyl (C=O) groups is 1. The van der Waals surface area contributed by atoms with Crippen molar-refractivity contribution in [3.05, 3.63) is 54.1 Å². The van der Waals surface area contributed by atoms with Gasteiger partial charge in [-0.3, -0.25) is 4.79 Å². The first-order chi connectivity index (χ1) is 10.1. The van der Waals surface area contributed by atoms with Crippen molar-refractivity contribution < 1.29 is 9.53 Å². The normalized spacial score (nSPS) is 11.6. The van der Waals surface area contributed by atoms with Crippen molar-refractivity contribution in [1.29, 1.82) is 0 Å². The number of amides is 1. The third-order valence-corrected chi connectivity index (χ3v) is 3.18. The van der Waals surface area contributed by atoms with Crippen LogP contribution in [0.3, 0.4) is 0 Å².